The van der Waals surface area contributed by atoms with E-state index in [1.807, 2.05) is 0 Å². The number of halogens is 15. The van der Waals surface area contributed by atoms with Crippen molar-refractivity contribution >= 4 is 0 Å². The van der Waals surface area contributed by atoms with E-state index >= 15 is 0 Å². The van der Waals surface area contributed by atoms with Gasteiger partial charge in [0, 0.05) is 6.04 Å². The van der Waals surface area contributed by atoms with Crippen molar-refractivity contribution in [1.82, 2.24) is 0 Å². The lowest BCUT2D eigenvalue weighted by Crippen LogP contribution is -2.36. The number of hydrogen-bond donors (Lipinski definition) is 1. The highest BCUT2D eigenvalue weighted by atomic mass is 19.4. The molecular formula is C15H10F15N. The summed E-state index contributed by atoms with van der Waals surface area (Å²) in [4.78, 5) is 0. The SMILES string of the molecule is CC(C)C(N)c1c(C(F)(F)F)c(C(F)(F)F)c(C(F)(F)F)c(C(F)(F)F)c1C(F)(F)F. The molecule has 31 heavy (non-hydrogen) atoms. The summed E-state index contributed by atoms with van der Waals surface area (Å²) in [5.74, 6) is -1.64. The molecular weight excluding hydrogens is 479 g/mol. The molecule has 0 aromatic heterocycles. The van der Waals surface area contributed by atoms with E-state index in [1.165, 1.54) is 0 Å². The molecule has 0 aliphatic carbocycles. The first-order chi connectivity index (χ1) is 13.3. The molecule has 0 saturated carbocycles. The normalized spacial score (nSPS) is 15.6. The lowest BCUT2D eigenvalue weighted by Gasteiger charge is -2.33. The topological polar surface area (TPSA) is 26.0 Å². The summed E-state index contributed by atoms with van der Waals surface area (Å²) < 4.78 is 200. The van der Waals surface area contributed by atoms with E-state index in [-0.39, 0.29) is 0 Å². The van der Waals surface area contributed by atoms with Crippen molar-refractivity contribution in [2.45, 2.75) is 50.8 Å². The Bertz CT molecular complexity index is 765. The van der Waals surface area contributed by atoms with Gasteiger partial charge in [-0.15, -0.1) is 0 Å². The van der Waals surface area contributed by atoms with Gasteiger partial charge in [-0.1, -0.05) is 13.8 Å². The molecule has 2 N–H and O–H groups in total. The fraction of sp³-hybridized carbons (Fsp3) is 0.600. The van der Waals surface area contributed by atoms with Gasteiger partial charge in [0.05, 0.1) is 27.8 Å². The first kappa shape index (κ1) is 27.2. The molecule has 1 rings (SSSR count). The van der Waals surface area contributed by atoms with Crippen LogP contribution in [0.2, 0.25) is 0 Å². The summed E-state index contributed by atoms with van der Waals surface area (Å²) in [5.41, 5.74) is -16.9. The van der Waals surface area contributed by atoms with E-state index in [4.69, 9.17) is 5.73 Å². The summed E-state index contributed by atoms with van der Waals surface area (Å²) in [7, 11) is 0. The second kappa shape index (κ2) is 7.62. The zero-order chi connectivity index (χ0) is 25.1. The molecule has 0 spiro atoms. The minimum Gasteiger partial charge on any atom is -0.324 e. The number of alkyl halides is 15. The lowest BCUT2D eigenvalue weighted by molar-refractivity contribution is -0.189. The molecule has 0 fully saturated rings. The molecule has 0 amide bonds. The maximum atomic E-state index is 13.5. The molecule has 0 aliphatic rings. The highest BCUT2D eigenvalue weighted by molar-refractivity contribution is 5.58. The Labute approximate surface area is 163 Å². The first-order valence-electron chi connectivity index (χ1n) is 7.69. The molecule has 1 aromatic carbocycles. The van der Waals surface area contributed by atoms with Crippen molar-refractivity contribution in [1.29, 1.82) is 0 Å². The van der Waals surface area contributed by atoms with E-state index in [9.17, 15) is 65.9 Å². The van der Waals surface area contributed by atoms with Crippen LogP contribution in [0, 0.1) is 5.92 Å². The molecule has 16 heteroatoms. The average molecular weight is 489 g/mol. The Balaban J connectivity index is 4.82. The Morgan fingerprint density at radius 1 is 0.452 bits per heavy atom. The van der Waals surface area contributed by atoms with Crippen molar-refractivity contribution in [3.8, 4) is 0 Å². The Kier molecular flexibility index (Phi) is 6.68. The molecule has 1 aromatic rings. The number of nitrogens with two attached hydrogens (primary N) is 1. The van der Waals surface area contributed by atoms with Gasteiger partial charge in [0.1, 0.15) is 0 Å². The van der Waals surface area contributed by atoms with Gasteiger partial charge >= 0.3 is 30.9 Å². The van der Waals surface area contributed by atoms with Gasteiger partial charge in [0.25, 0.3) is 0 Å². The van der Waals surface area contributed by atoms with E-state index < -0.39 is 76.2 Å². The van der Waals surface area contributed by atoms with E-state index in [0.29, 0.717) is 0 Å². The molecule has 0 saturated heterocycles. The first-order valence-corrected chi connectivity index (χ1v) is 7.69. The van der Waals surface area contributed by atoms with Crippen molar-refractivity contribution in [2.24, 2.45) is 11.7 Å². The van der Waals surface area contributed by atoms with E-state index in [1.54, 1.807) is 0 Å². The van der Waals surface area contributed by atoms with Crippen LogP contribution in [-0.4, -0.2) is 0 Å². The van der Waals surface area contributed by atoms with Gasteiger partial charge < -0.3 is 5.73 Å². The predicted molar refractivity (Wildman–Crippen MR) is 73.2 cm³/mol. The smallest absolute Gasteiger partial charge is 0.324 e. The Morgan fingerprint density at radius 2 is 0.645 bits per heavy atom. The van der Waals surface area contributed by atoms with Gasteiger partial charge in [0.15, 0.2) is 0 Å². The van der Waals surface area contributed by atoms with Crippen LogP contribution in [0.15, 0.2) is 0 Å². The van der Waals surface area contributed by atoms with Crippen LogP contribution in [-0.2, 0) is 30.9 Å². The third-order valence-electron chi connectivity index (χ3n) is 4.01. The average Bonchev–Trinajstić information content (AvgIpc) is 2.46. The molecule has 0 heterocycles. The molecule has 0 radical (unpaired) electrons. The Morgan fingerprint density at radius 3 is 0.806 bits per heavy atom. The van der Waals surface area contributed by atoms with Crippen LogP contribution in [0.3, 0.4) is 0 Å². The van der Waals surface area contributed by atoms with Gasteiger partial charge in [-0.25, -0.2) is 0 Å². The fourth-order valence-corrected chi connectivity index (χ4v) is 2.88. The maximum absolute atomic E-state index is 13.5. The second-order valence-corrected chi connectivity index (χ2v) is 6.55. The van der Waals surface area contributed by atoms with Crippen molar-refractivity contribution in [3.05, 3.63) is 33.4 Å². The highest BCUT2D eigenvalue weighted by Gasteiger charge is 2.60. The van der Waals surface area contributed by atoms with Crippen LogP contribution in [0.5, 0.6) is 0 Å². The second-order valence-electron chi connectivity index (χ2n) is 6.55. The van der Waals surface area contributed by atoms with Gasteiger partial charge in [-0.3, -0.25) is 0 Å². The summed E-state index contributed by atoms with van der Waals surface area (Å²) in [6.45, 7) is 1.51. The molecule has 0 bridgehead atoms. The minimum atomic E-state index is -6.91. The van der Waals surface area contributed by atoms with Crippen molar-refractivity contribution in [3.63, 3.8) is 0 Å². The minimum absolute atomic E-state index is 0.753. The van der Waals surface area contributed by atoms with Crippen LogP contribution in [0.4, 0.5) is 65.9 Å². The standard InChI is InChI=1S/C15H10F15N/c1-3(2)10(31)4-5(11(16,17)18)7(13(22,23)24)9(15(28,29)30)8(14(25,26)27)6(4)12(19,20)21/h3,10H,31H2,1-2H3. The third kappa shape index (κ3) is 5.31. The van der Waals surface area contributed by atoms with Crippen LogP contribution in [0.25, 0.3) is 0 Å². The number of hydrogen-bond acceptors (Lipinski definition) is 1. The number of rotatable bonds is 2. The third-order valence-corrected chi connectivity index (χ3v) is 4.01. The van der Waals surface area contributed by atoms with Gasteiger partial charge in [-0.05, 0) is 11.5 Å². The summed E-state index contributed by atoms with van der Waals surface area (Å²) in [6, 6.07) is -2.79. The zero-order valence-corrected chi connectivity index (χ0v) is 14.9. The van der Waals surface area contributed by atoms with Gasteiger partial charge in [0.2, 0.25) is 0 Å². The molecule has 1 nitrogen and oxygen atoms in total. The summed E-state index contributed by atoms with van der Waals surface area (Å²) >= 11 is 0. The van der Waals surface area contributed by atoms with Crippen molar-refractivity contribution < 1.29 is 65.9 Å². The summed E-state index contributed by atoms with van der Waals surface area (Å²) in [6.07, 6.45) is -33.7. The largest absolute Gasteiger partial charge is 0.417 e. The predicted octanol–water partition coefficient (Wildman–Crippen LogP) is 7.44. The Hall–Kier alpha value is -1.87. The maximum Gasteiger partial charge on any atom is 0.417 e. The molecule has 0 aliphatic heterocycles. The molecule has 1 unspecified atom stereocenters. The van der Waals surface area contributed by atoms with E-state index in [2.05, 4.69) is 0 Å². The lowest BCUT2D eigenvalue weighted by atomic mass is 9.79. The van der Waals surface area contributed by atoms with Crippen LogP contribution < -0.4 is 5.73 Å². The monoisotopic (exact) mass is 489 g/mol. The highest BCUT2D eigenvalue weighted by Crippen LogP contribution is 2.57. The zero-order valence-electron chi connectivity index (χ0n) is 14.9. The van der Waals surface area contributed by atoms with E-state index in [0.717, 1.165) is 13.8 Å². The van der Waals surface area contributed by atoms with Crippen molar-refractivity contribution in [2.75, 3.05) is 0 Å². The number of benzene rings is 1. The van der Waals surface area contributed by atoms with Crippen LogP contribution in [0.1, 0.15) is 53.3 Å². The molecule has 180 valence electrons. The fourth-order valence-electron chi connectivity index (χ4n) is 2.88. The van der Waals surface area contributed by atoms with Gasteiger partial charge in [-0.2, -0.15) is 65.9 Å². The summed E-state index contributed by atoms with van der Waals surface area (Å²) in [5, 5.41) is 0. The van der Waals surface area contributed by atoms with Crippen LogP contribution >= 0.6 is 0 Å². The molecule has 1 atom stereocenters. The quantitative estimate of drug-likeness (QED) is 0.430.